The first-order valence-corrected chi connectivity index (χ1v) is 6.45. The van der Waals surface area contributed by atoms with Gasteiger partial charge < -0.3 is 9.73 Å². The quantitative estimate of drug-likeness (QED) is 0.673. The summed E-state index contributed by atoms with van der Waals surface area (Å²) in [5.74, 6) is 1.48. The van der Waals surface area contributed by atoms with E-state index in [0.29, 0.717) is 29.1 Å². The largest absolute Gasteiger partial charge is 0.454 e. The van der Waals surface area contributed by atoms with Gasteiger partial charge >= 0.3 is 0 Å². The molecule has 2 aromatic heterocycles. The highest BCUT2D eigenvalue weighted by Crippen LogP contribution is 2.18. The van der Waals surface area contributed by atoms with Crippen LogP contribution in [0.2, 0.25) is 0 Å². The molecule has 6 nitrogen and oxygen atoms in total. The Labute approximate surface area is 118 Å². The van der Waals surface area contributed by atoms with E-state index in [1.165, 1.54) is 6.07 Å². The molecule has 0 aliphatic carbocycles. The molecule has 0 aliphatic heterocycles. The highest BCUT2D eigenvalue weighted by Gasteiger charge is 2.11. The van der Waals surface area contributed by atoms with E-state index in [1.807, 2.05) is 12.1 Å². The van der Waals surface area contributed by atoms with Gasteiger partial charge in [-0.2, -0.15) is 0 Å². The van der Waals surface area contributed by atoms with Crippen molar-refractivity contribution in [3.8, 4) is 0 Å². The highest BCUT2D eigenvalue weighted by atomic mass is 79.9. The highest BCUT2D eigenvalue weighted by molar-refractivity contribution is 9.10. The van der Waals surface area contributed by atoms with Crippen LogP contribution in [0.5, 0.6) is 0 Å². The molecule has 19 heavy (non-hydrogen) atoms. The minimum absolute atomic E-state index is 0.0283. The number of anilines is 1. The van der Waals surface area contributed by atoms with Crippen LogP contribution in [0.25, 0.3) is 0 Å². The van der Waals surface area contributed by atoms with Crippen LogP contribution < -0.4 is 5.32 Å². The number of rotatable bonds is 5. The number of hydrogen-bond acceptors (Lipinski definition) is 5. The van der Waals surface area contributed by atoms with E-state index in [0.717, 1.165) is 5.76 Å². The summed E-state index contributed by atoms with van der Waals surface area (Å²) in [4.78, 5) is 14.4. The number of nitrogens with zero attached hydrogens (tertiary/aromatic N) is 2. The summed E-state index contributed by atoms with van der Waals surface area (Å²) in [7, 11) is 0. The molecule has 0 saturated heterocycles. The summed E-state index contributed by atoms with van der Waals surface area (Å²) in [5, 5.41) is 13.8. The van der Waals surface area contributed by atoms with Gasteiger partial charge in [0.05, 0.1) is 4.92 Å². The van der Waals surface area contributed by atoms with Gasteiger partial charge in [-0.25, -0.2) is 4.98 Å². The zero-order valence-corrected chi connectivity index (χ0v) is 11.8. The van der Waals surface area contributed by atoms with Gasteiger partial charge in [0.2, 0.25) is 0 Å². The minimum Gasteiger partial charge on any atom is -0.454 e. The molecule has 0 unspecified atom stereocenters. The van der Waals surface area contributed by atoms with E-state index in [4.69, 9.17) is 4.42 Å². The topological polar surface area (TPSA) is 81.2 Å². The van der Waals surface area contributed by atoms with Crippen molar-refractivity contribution < 1.29 is 9.34 Å². The van der Waals surface area contributed by atoms with Crippen LogP contribution in [0.1, 0.15) is 11.5 Å². The van der Waals surface area contributed by atoms with Crippen LogP contribution in [0.3, 0.4) is 0 Å². The SMILES string of the molecule is Cc1nc(NCCc2ccc(Br)o2)ccc1[N+](=O)[O-]. The molecule has 7 heteroatoms. The first-order valence-electron chi connectivity index (χ1n) is 5.66. The fourth-order valence-electron chi connectivity index (χ4n) is 1.64. The van der Waals surface area contributed by atoms with Gasteiger partial charge in [0, 0.05) is 19.0 Å². The Bertz CT molecular complexity index is 598. The number of furan rings is 1. The number of aryl methyl sites for hydroxylation is 1. The van der Waals surface area contributed by atoms with E-state index in [-0.39, 0.29) is 5.69 Å². The molecule has 0 atom stereocenters. The van der Waals surface area contributed by atoms with Crippen molar-refractivity contribution in [3.63, 3.8) is 0 Å². The lowest BCUT2D eigenvalue weighted by Crippen LogP contribution is -2.07. The molecule has 0 bridgehead atoms. The van der Waals surface area contributed by atoms with E-state index in [1.54, 1.807) is 13.0 Å². The van der Waals surface area contributed by atoms with Gasteiger partial charge in [-0.05, 0) is 41.1 Å². The summed E-state index contributed by atoms with van der Waals surface area (Å²) in [6.45, 7) is 2.26. The molecule has 2 rings (SSSR count). The second kappa shape index (κ2) is 5.83. The second-order valence-corrected chi connectivity index (χ2v) is 4.72. The van der Waals surface area contributed by atoms with Crippen LogP contribution in [0.15, 0.2) is 33.4 Å². The van der Waals surface area contributed by atoms with Crippen LogP contribution in [0, 0.1) is 17.0 Å². The van der Waals surface area contributed by atoms with Crippen LogP contribution in [-0.4, -0.2) is 16.5 Å². The average molecular weight is 326 g/mol. The number of nitrogens with one attached hydrogen (secondary N) is 1. The normalized spacial score (nSPS) is 10.4. The predicted octanol–water partition coefficient (Wildman–Crippen LogP) is 3.31. The van der Waals surface area contributed by atoms with Gasteiger partial charge in [-0.15, -0.1) is 0 Å². The summed E-state index contributed by atoms with van der Waals surface area (Å²) in [6.07, 6.45) is 0.712. The summed E-state index contributed by atoms with van der Waals surface area (Å²) in [6, 6.07) is 6.78. The minimum atomic E-state index is -0.438. The number of nitro groups is 1. The molecule has 0 aromatic carbocycles. The lowest BCUT2D eigenvalue weighted by Gasteiger charge is -2.05. The molecule has 100 valence electrons. The fraction of sp³-hybridized carbons (Fsp3) is 0.250. The molecular weight excluding hydrogens is 314 g/mol. The van der Waals surface area contributed by atoms with E-state index < -0.39 is 4.92 Å². The van der Waals surface area contributed by atoms with Crippen LogP contribution >= 0.6 is 15.9 Å². The lowest BCUT2D eigenvalue weighted by atomic mass is 10.3. The summed E-state index contributed by atoms with van der Waals surface area (Å²) < 4.78 is 6.06. The number of hydrogen-bond donors (Lipinski definition) is 1. The van der Waals surface area contributed by atoms with Gasteiger partial charge in [0.1, 0.15) is 17.3 Å². The molecule has 2 heterocycles. The molecule has 0 aliphatic rings. The van der Waals surface area contributed by atoms with Crippen molar-refractivity contribution in [1.29, 1.82) is 0 Å². The molecule has 0 fully saturated rings. The molecule has 0 spiro atoms. The van der Waals surface area contributed by atoms with Crippen molar-refractivity contribution in [2.45, 2.75) is 13.3 Å². The number of aromatic nitrogens is 1. The molecular formula is C12H12BrN3O3. The van der Waals surface area contributed by atoms with Crippen molar-refractivity contribution in [3.05, 3.63) is 50.5 Å². The average Bonchev–Trinajstić information content (AvgIpc) is 2.75. The summed E-state index contributed by atoms with van der Waals surface area (Å²) >= 11 is 3.24. The smallest absolute Gasteiger partial charge is 0.290 e. The van der Waals surface area contributed by atoms with Crippen LogP contribution in [-0.2, 0) is 6.42 Å². The lowest BCUT2D eigenvalue weighted by molar-refractivity contribution is -0.385. The molecule has 1 N–H and O–H groups in total. The third-order valence-electron chi connectivity index (χ3n) is 2.56. The van der Waals surface area contributed by atoms with Gasteiger partial charge in [-0.3, -0.25) is 10.1 Å². The first kappa shape index (κ1) is 13.5. The fourth-order valence-corrected chi connectivity index (χ4v) is 1.99. The Kier molecular flexibility index (Phi) is 4.16. The standard InChI is InChI=1S/C12H12BrN3O3/c1-8-10(16(17)18)3-5-12(15-8)14-7-6-9-2-4-11(13)19-9/h2-5H,6-7H2,1H3,(H,14,15). The Hall–Kier alpha value is -1.89. The third kappa shape index (κ3) is 3.54. The van der Waals surface area contributed by atoms with Gasteiger partial charge in [-0.1, -0.05) is 0 Å². The Morgan fingerprint density at radius 2 is 2.21 bits per heavy atom. The van der Waals surface area contributed by atoms with E-state index in [2.05, 4.69) is 26.2 Å². The Morgan fingerprint density at radius 3 is 2.79 bits per heavy atom. The molecule has 2 aromatic rings. The monoisotopic (exact) mass is 325 g/mol. The first-order chi connectivity index (χ1) is 9.06. The van der Waals surface area contributed by atoms with Crippen molar-refractivity contribution in [1.82, 2.24) is 4.98 Å². The number of pyridine rings is 1. The molecule has 0 saturated carbocycles. The second-order valence-electron chi connectivity index (χ2n) is 3.94. The Balaban J connectivity index is 1.93. The van der Waals surface area contributed by atoms with Crippen LogP contribution in [0.4, 0.5) is 11.5 Å². The Morgan fingerprint density at radius 1 is 1.42 bits per heavy atom. The van der Waals surface area contributed by atoms with Crippen molar-refractivity contribution in [2.75, 3.05) is 11.9 Å². The zero-order valence-electron chi connectivity index (χ0n) is 10.2. The van der Waals surface area contributed by atoms with Crippen molar-refractivity contribution in [2.24, 2.45) is 0 Å². The molecule has 0 amide bonds. The molecule has 0 radical (unpaired) electrons. The summed E-state index contributed by atoms with van der Waals surface area (Å²) in [5.41, 5.74) is 0.427. The van der Waals surface area contributed by atoms with Gasteiger partial charge in [0.25, 0.3) is 5.69 Å². The maximum Gasteiger partial charge on any atom is 0.290 e. The zero-order chi connectivity index (χ0) is 13.8. The maximum absolute atomic E-state index is 10.7. The predicted molar refractivity (Wildman–Crippen MR) is 74.2 cm³/mol. The third-order valence-corrected chi connectivity index (χ3v) is 2.99. The van der Waals surface area contributed by atoms with Gasteiger partial charge in [0.15, 0.2) is 4.67 Å². The van der Waals surface area contributed by atoms with Crippen molar-refractivity contribution >= 4 is 27.4 Å². The maximum atomic E-state index is 10.7. The van der Waals surface area contributed by atoms with E-state index in [9.17, 15) is 10.1 Å². The number of halogens is 1. The van der Waals surface area contributed by atoms with E-state index >= 15 is 0 Å².